The van der Waals surface area contributed by atoms with Crippen LogP contribution in [0.25, 0.3) is 0 Å². The second-order valence-corrected chi connectivity index (χ2v) is 5.91. The fourth-order valence-corrected chi connectivity index (χ4v) is 2.97. The number of amidine groups is 1. The predicted molar refractivity (Wildman–Crippen MR) is 96.5 cm³/mol. The molecule has 1 heterocycles. The van der Waals surface area contributed by atoms with Gasteiger partial charge in [-0.1, -0.05) is 72.9 Å². The number of likely N-dealkylation sites (tertiary alicyclic amines) is 1. The Morgan fingerprint density at radius 2 is 1.32 bits per heavy atom. The first kappa shape index (κ1) is 14.9. The molecule has 2 nitrogen and oxygen atoms in total. The van der Waals surface area contributed by atoms with Gasteiger partial charge in [-0.3, -0.25) is 0 Å². The monoisotopic (exact) mass is 308 g/mol. The summed E-state index contributed by atoms with van der Waals surface area (Å²) < 4.78 is 0. The summed E-state index contributed by atoms with van der Waals surface area (Å²) in [5, 5.41) is 0. The normalized spacial score (nSPS) is 15.6. The smallest absolute Gasteiger partial charge is 0.137 e. The van der Waals surface area contributed by atoms with Crippen molar-refractivity contribution in [1.82, 2.24) is 4.90 Å². The van der Waals surface area contributed by atoms with Gasteiger partial charge in [0.2, 0.25) is 0 Å². The second-order valence-electron chi connectivity index (χ2n) is 5.52. The van der Waals surface area contributed by atoms with Crippen molar-refractivity contribution in [3.05, 3.63) is 71.8 Å². The molecule has 0 atom stereocenters. The van der Waals surface area contributed by atoms with Gasteiger partial charge in [0, 0.05) is 24.2 Å². The zero-order valence-electron chi connectivity index (χ0n) is 12.6. The van der Waals surface area contributed by atoms with Crippen molar-refractivity contribution in [2.45, 2.75) is 19.3 Å². The maximum absolute atomic E-state index is 5.55. The van der Waals surface area contributed by atoms with Gasteiger partial charge >= 0.3 is 0 Å². The zero-order valence-corrected chi connectivity index (χ0v) is 13.4. The molecule has 3 heteroatoms. The summed E-state index contributed by atoms with van der Waals surface area (Å²) >= 11 is 5.55. The average molecular weight is 308 g/mol. The van der Waals surface area contributed by atoms with Crippen molar-refractivity contribution >= 4 is 23.0 Å². The van der Waals surface area contributed by atoms with Crippen molar-refractivity contribution in [3.63, 3.8) is 0 Å². The maximum atomic E-state index is 5.55. The molecule has 0 aromatic heterocycles. The Hall–Kier alpha value is -2.00. The molecular weight excluding hydrogens is 288 g/mol. The summed E-state index contributed by atoms with van der Waals surface area (Å²) in [6.07, 6.45) is 3.76. The Labute approximate surface area is 137 Å². The van der Waals surface area contributed by atoms with Crippen LogP contribution < -0.4 is 0 Å². The summed E-state index contributed by atoms with van der Waals surface area (Å²) in [6.45, 7) is 2.12. The highest BCUT2D eigenvalue weighted by Gasteiger charge is 2.17. The lowest BCUT2D eigenvalue weighted by Gasteiger charge is -2.30. The van der Waals surface area contributed by atoms with Crippen LogP contribution in [0.5, 0.6) is 0 Å². The fraction of sp³-hybridized carbons (Fsp3) is 0.263. The molecule has 1 aliphatic rings. The molecular formula is C19H20N2S. The van der Waals surface area contributed by atoms with Gasteiger partial charge in [0.15, 0.2) is 0 Å². The Balaban J connectivity index is 1.94. The summed E-state index contributed by atoms with van der Waals surface area (Å²) in [5.41, 5.74) is 2.14. The molecule has 112 valence electrons. The molecule has 0 unspecified atom stereocenters. The lowest BCUT2D eigenvalue weighted by molar-refractivity contribution is 0.343. The number of nitrogens with zero attached hydrogens (tertiary/aromatic N) is 2. The molecule has 2 aromatic carbocycles. The van der Waals surface area contributed by atoms with Gasteiger partial charge in [-0.05, 0) is 19.3 Å². The van der Waals surface area contributed by atoms with Gasteiger partial charge in [-0.15, -0.1) is 0 Å². The first-order chi connectivity index (χ1) is 10.8. The van der Waals surface area contributed by atoms with E-state index in [2.05, 4.69) is 29.2 Å². The number of hydrogen-bond acceptors (Lipinski definition) is 1. The van der Waals surface area contributed by atoms with Crippen molar-refractivity contribution < 1.29 is 0 Å². The lowest BCUT2D eigenvalue weighted by atomic mass is 10.1. The minimum atomic E-state index is 0.657. The van der Waals surface area contributed by atoms with Gasteiger partial charge < -0.3 is 4.90 Å². The van der Waals surface area contributed by atoms with Crippen LogP contribution in [0.4, 0.5) is 0 Å². The third-order valence-corrected chi connectivity index (χ3v) is 4.24. The molecule has 0 bridgehead atoms. The van der Waals surface area contributed by atoms with E-state index in [9.17, 15) is 0 Å². The van der Waals surface area contributed by atoms with Gasteiger partial charge in [-0.25, -0.2) is 4.99 Å². The van der Waals surface area contributed by atoms with Crippen LogP contribution >= 0.6 is 12.2 Å². The maximum Gasteiger partial charge on any atom is 0.137 e. The summed E-state index contributed by atoms with van der Waals surface area (Å²) in [6, 6.07) is 20.4. The molecule has 0 amide bonds. The quantitative estimate of drug-likeness (QED) is 0.467. The number of hydrogen-bond donors (Lipinski definition) is 0. The lowest BCUT2D eigenvalue weighted by Crippen LogP contribution is -2.36. The Kier molecular flexibility index (Phi) is 4.96. The molecule has 0 radical (unpaired) electrons. The van der Waals surface area contributed by atoms with E-state index < -0.39 is 0 Å². The van der Waals surface area contributed by atoms with E-state index in [-0.39, 0.29) is 0 Å². The third-order valence-electron chi connectivity index (χ3n) is 3.92. The van der Waals surface area contributed by atoms with E-state index in [0.29, 0.717) is 4.99 Å². The van der Waals surface area contributed by atoms with Gasteiger partial charge in [0.1, 0.15) is 10.8 Å². The highest BCUT2D eigenvalue weighted by atomic mass is 32.1. The van der Waals surface area contributed by atoms with Crippen molar-refractivity contribution in [2.75, 3.05) is 13.1 Å². The van der Waals surface area contributed by atoms with E-state index in [1.54, 1.807) is 0 Å². The Morgan fingerprint density at radius 1 is 0.773 bits per heavy atom. The van der Waals surface area contributed by atoms with E-state index in [0.717, 1.165) is 30.1 Å². The number of rotatable bonds is 2. The largest absolute Gasteiger partial charge is 0.356 e. The molecule has 0 N–H and O–H groups in total. The molecule has 1 aliphatic heterocycles. The Bertz CT molecular complexity index is 644. The van der Waals surface area contributed by atoms with Crippen LogP contribution in [0.2, 0.25) is 0 Å². The second kappa shape index (κ2) is 7.32. The van der Waals surface area contributed by atoms with Crippen molar-refractivity contribution in [1.29, 1.82) is 0 Å². The van der Waals surface area contributed by atoms with E-state index in [1.165, 1.54) is 19.3 Å². The van der Waals surface area contributed by atoms with E-state index >= 15 is 0 Å². The van der Waals surface area contributed by atoms with Crippen LogP contribution in [0.3, 0.4) is 0 Å². The van der Waals surface area contributed by atoms with Crippen LogP contribution in [0.1, 0.15) is 30.4 Å². The molecule has 1 fully saturated rings. The fourth-order valence-electron chi connectivity index (χ4n) is 2.75. The van der Waals surface area contributed by atoms with E-state index in [1.807, 2.05) is 36.4 Å². The van der Waals surface area contributed by atoms with Gasteiger partial charge in [-0.2, -0.15) is 0 Å². The standard InChI is InChI=1S/C19H20N2S/c22-19(17-12-6-2-7-13-17)20-18(16-10-4-1-5-11-16)21-14-8-3-9-15-21/h1-2,4-7,10-13H,3,8-9,14-15H2. The minimum Gasteiger partial charge on any atom is -0.356 e. The van der Waals surface area contributed by atoms with E-state index in [4.69, 9.17) is 17.2 Å². The highest BCUT2D eigenvalue weighted by molar-refractivity contribution is 7.80. The van der Waals surface area contributed by atoms with Crippen LogP contribution in [-0.4, -0.2) is 28.8 Å². The van der Waals surface area contributed by atoms with Gasteiger partial charge in [0.25, 0.3) is 0 Å². The number of piperidine rings is 1. The SMILES string of the molecule is S=C(N=C(c1ccccc1)N1CCCCC1)c1ccccc1. The summed E-state index contributed by atoms with van der Waals surface area (Å²) in [7, 11) is 0. The van der Waals surface area contributed by atoms with Crippen molar-refractivity contribution in [3.8, 4) is 0 Å². The first-order valence-electron chi connectivity index (χ1n) is 7.83. The highest BCUT2D eigenvalue weighted by Crippen LogP contribution is 2.15. The topological polar surface area (TPSA) is 15.6 Å². The number of aliphatic imine (C=N–C) groups is 1. The molecule has 3 rings (SSSR count). The molecule has 22 heavy (non-hydrogen) atoms. The predicted octanol–water partition coefficient (Wildman–Crippen LogP) is 4.29. The molecule has 0 saturated carbocycles. The average Bonchev–Trinajstić information content (AvgIpc) is 2.62. The van der Waals surface area contributed by atoms with Crippen LogP contribution in [0.15, 0.2) is 65.7 Å². The zero-order chi connectivity index (χ0) is 15.2. The van der Waals surface area contributed by atoms with Gasteiger partial charge in [0.05, 0.1) is 0 Å². The van der Waals surface area contributed by atoms with Crippen molar-refractivity contribution in [2.24, 2.45) is 4.99 Å². The molecule has 0 spiro atoms. The third kappa shape index (κ3) is 3.60. The summed E-state index contributed by atoms with van der Waals surface area (Å²) in [5.74, 6) is 1.01. The number of benzene rings is 2. The minimum absolute atomic E-state index is 0.657. The van der Waals surface area contributed by atoms with Crippen LogP contribution in [-0.2, 0) is 0 Å². The first-order valence-corrected chi connectivity index (χ1v) is 8.24. The molecule has 0 aliphatic carbocycles. The Morgan fingerprint density at radius 3 is 1.91 bits per heavy atom. The number of thiocarbonyl (C=S) groups is 1. The summed E-state index contributed by atoms with van der Waals surface area (Å²) in [4.78, 5) is 7.84. The molecule has 1 saturated heterocycles. The van der Waals surface area contributed by atoms with Crippen LogP contribution in [0, 0.1) is 0 Å². The molecule has 2 aromatic rings.